The summed E-state index contributed by atoms with van der Waals surface area (Å²) in [7, 11) is -2.85. The van der Waals surface area contributed by atoms with Crippen molar-refractivity contribution in [2.75, 3.05) is 24.6 Å². The molecule has 0 spiro atoms. The average molecular weight is 457 g/mol. The molecule has 0 bridgehead atoms. The molecule has 0 aromatic rings. The van der Waals surface area contributed by atoms with Crippen molar-refractivity contribution in [3.63, 3.8) is 0 Å². The zero-order valence-electron chi connectivity index (χ0n) is 14.4. The van der Waals surface area contributed by atoms with Gasteiger partial charge in [0.25, 0.3) is 0 Å². The third kappa shape index (κ3) is 7.15. The van der Waals surface area contributed by atoms with E-state index in [9.17, 15) is 8.42 Å². The fourth-order valence-corrected chi connectivity index (χ4v) is 5.14. The first kappa shape index (κ1) is 21.0. The van der Waals surface area contributed by atoms with Gasteiger partial charge in [-0.3, -0.25) is 4.99 Å². The minimum absolute atomic E-state index is 0. The Balaban J connectivity index is 0.00000264. The summed E-state index contributed by atoms with van der Waals surface area (Å²) in [6, 6.07) is 0.0126. The Hall–Kier alpha value is -0.0500. The second-order valence-electron chi connectivity index (χ2n) is 6.76. The van der Waals surface area contributed by atoms with Gasteiger partial charge in [-0.15, -0.1) is 24.0 Å². The van der Waals surface area contributed by atoms with Crippen LogP contribution in [0.15, 0.2) is 4.99 Å². The van der Waals surface area contributed by atoms with E-state index in [1.54, 1.807) is 0 Å². The summed E-state index contributed by atoms with van der Waals surface area (Å²) in [5.41, 5.74) is 0. The highest BCUT2D eigenvalue weighted by molar-refractivity contribution is 14.0. The fourth-order valence-electron chi connectivity index (χ4n) is 3.46. The Morgan fingerprint density at radius 2 is 1.74 bits per heavy atom. The Labute approximate surface area is 158 Å². The molecule has 23 heavy (non-hydrogen) atoms. The van der Waals surface area contributed by atoms with E-state index in [2.05, 4.69) is 17.6 Å². The lowest BCUT2D eigenvalue weighted by Gasteiger charge is -2.27. The van der Waals surface area contributed by atoms with Crippen LogP contribution in [0.1, 0.15) is 52.4 Å². The van der Waals surface area contributed by atoms with E-state index in [0.29, 0.717) is 18.1 Å². The highest BCUT2D eigenvalue weighted by atomic mass is 127. The number of sulfone groups is 1. The molecule has 1 unspecified atom stereocenters. The highest BCUT2D eigenvalue weighted by Crippen LogP contribution is 2.30. The normalized spacial score (nSPS) is 30.5. The van der Waals surface area contributed by atoms with E-state index in [0.717, 1.165) is 25.0 Å². The zero-order chi connectivity index (χ0) is 16.0. The maximum absolute atomic E-state index is 11.5. The number of rotatable bonds is 5. The van der Waals surface area contributed by atoms with Crippen LogP contribution in [0.2, 0.25) is 0 Å². The van der Waals surface area contributed by atoms with Gasteiger partial charge in [0.05, 0.1) is 11.5 Å². The lowest BCUT2D eigenvalue weighted by molar-refractivity contribution is 0.274. The summed E-state index contributed by atoms with van der Waals surface area (Å²) in [5.74, 6) is 2.91. The van der Waals surface area contributed by atoms with Gasteiger partial charge < -0.3 is 10.6 Å². The van der Waals surface area contributed by atoms with Crippen molar-refractivity contribution in [3.05, 3.63) is 0 Å². The van der Waals surface area contributed by atoms with Gasteiger partial charge in [-0.2, -0.15) is 0 Å². The maximum atomic E-state index is 11.5. The molecule has 1 saturated carbocycles. The van der Waals surface area contributed by atoms with Crippen LogP contribution in [-0.2, 0) is 9.84 Å². The molecule has 0 aromatic carbocycles. The summed E-state index contributed by atoms with van der Waals surface area (Å²) in [6.45, 7) is 5.97. The van der Waals surface area contributed by atoms with Crippen LogP contribution in [0, 0.1) is 11.8 Å². The van der Waals surface area contributed by atoms with E-state index in [-0.39, 0.29) is 35.8 Å². The average Bonchev–Trinajstić information content (AvgIpc) is 2.84. The third-order valence-corrected chi connectivity index (χ3v) is 6.74. The van der Waals surface area contributed by atoms with Gasteiger partial charge in [0, 0.05) is 19.1 Å². The van der Waals surface area contributed by atoms with Crippen LogP contribution in [-0.4, -0.2) is 45.0 Å². The van der Waals surface area contributed by atoms with Crippen molar-refractivity contribution < 1.29 is 8.42 Å². The van der Waals surface area contributed by atoms with Gasteiger partial charge in [-0.05, 0) is 38.0 Å². The van der Waals surface area contributed by atoms with Crippen molar-refractivity contribution in [1.29, 1.82) is 0 Å². The number of aliphatic imine (C=N–C) groups is 1. The number of hydrogen-bond acceptors (Lipinski definition) is 3. The van der Waals surface area contributed by atoms with Gasteiger partial charge in [0.15, 0.2) is 15.8 Å². The van der Waals surface area contributed by atoms with Gasteiger partial charge in [0.1, 0.15) is 0 Å². The Bertz CT molecular complexity index is 474. The van der Waals surface area contributed by atoms with E-state index in [1.807, 2.05) is 6.92 Å². The van der Waals surface area contributed by atoms with E-state index < -0.39 is 9.84 Å². The van der Waals surface area contributed by atoms with Crippen molar-refractivity contribution in [2.45, 2.75) is 58.4 Å². The number of nitrogens with zero attached hydrogens (tertiary/aromatic N) is 1. The summed E-state index contributed by atoms with van der Waals surface area (Å²) in [4.78, 5) is 4.70. The molecular weight excluding hydrogens is 425 g/mol. The van der Waals surface area contributed by atoms with Crippen LogP contribution < -0.4 is 10.6 Å². The molecule has 1 aliphatic carbocycles. The van der Waals surface area contributed by atoms with Crippen LogP contribution >= 0.6 is 24.0 Å². The summed E-state index contributed by atoms with van der Waals surface area (Å²) < 4.78 is 23.1. The molecule has 1 aliphatic heterocycles. The molecule has 1 saturated heterocycles. The standard InChI is InChI=1S/C16H31N3O2S.HI/c1-3-13-5-7-14(8-6-13)11-18-16(17-4-2)19-15-9-10-22(20,21)12-15;/h13-15H,3-12H2,1-2H3,(H2,17,18,19);1H. The molecule has 1 atom stereocenters. The largest absolute Gasteiger partial charge is 0.357 e. The molecular formula is C16H32IN3O2S. The minimum Gasteiger partial charge on any atom is -0.357 e. The molecule has 5 nitrogen and oxygen atoms in total. The molecule has 2 fully saturated rings. The zero-order valence-corrected chi connectivity index (χ0v) is 17.5. The minimum atomic E-state index is -2.85. The van der Waals surface area contributed by atoms with E-state index in [4.69, 9.17) is 4.99 Å². The van der Waals surface area contributed by atoms with Crippen LogP contribution in [0.3, 0.4) is 0 Å². The molecule has 0 radical (unpaired) electrons. The lowest BCUT2D eigenvalue weighted by Crippen LogP contribution is -2.44. The number of guanidine groups is 1. The first-order chi connectivity index (χ1) is 10.5. The molecule has 7 heteroatoms. The van der Waals surface area contributed by atoms with Crippen LogP contribution in [0.5, 0.6) is 0 Å². The van der Waals surface area contributed by atoms with Gasteiger partial charge in [-0.25, -0.2) is 8.42 Å². The molecule has 2 N–H and O–H groups in total. The highest BCUT2D eigenvalue weighted by Gasteiger charge is 2.28. The van der Waals surface area contributed by atoms with Crippen molar-refractivity contribution in [1.82, 2.24) is 10.6 Å². The Morgan fingerprint density at radius 1 is 1.09 bits per heavy atom. The summed E-state index contributed by atoms with van der Waals surface area (Å²) in [5, 5.41) is 6.53. The van der Waals surface area contributed by atoms with Crippen LogP contribution in [0.25, 0.3) is 0 Å². The predicted molar refractivity (Wildman–Crippen MR) is 107 cm³/mol. The Morgan fingerprint density at radius 3 is 2.26 bits per heavy atom. The molecule has 136 valence electrons. The number of nitrogens with one attached hydrogen (secondary N) is 2. The molecule has 0 amide bonds. The summed E-state index contributed by atoms with van der Waals surface area (Å²) >= 11 is 0. The monoisotopic (exact) mass is 457 g/mol. The predicted octanol–water partition coefficient (Wildman–Crippen LogP) is 2.56. The van der Waals surface area contributed by atoms with Crippen molar-refractivity contribution >= 4 is 39.8 Å². The first-order valence-corrected chi connectivity index (χ1v) is 10.6. The molecule has 1 heterocycles. The maximum Gasteiger partial charge on any atom is 0.191 e. The smallest absolute Gasteiger partial charge is 0.191 e. The quantitative estimate of drug-likeness (QED) is 0.378. The Kier molecular flexibility index (Phi) is 9.18. The number of hydrogen-bond donors (Lipinski definition) is 2. The first-order valence-electron chi connectivity index (χ1n) is 8.77. The van der Waals surface area contributed by atoms with Crippen LogP contribution in [0.4, 0.5) is 0 Å². The number of halogens is 1. The second-order valence-corrected chi connectivity index (χ2v) is 8.99. The van der Waals surface area contributed by atoms with Gasteiger partial charge >= 0.3 is 0 Å². The fraction of sp³-hybridized carbons (Fsp3) is 0.938. The topological polar surface area (TPSA) is 70.6 Å². The summed E-state index contributed by atoms with van der Waals surface area (Å²) in [6.07, 6.45) is 7.21. The lowest BCUT2D eigenvalue weighted by atomic mass is 9.81. The van der Waals surface area contributed by atoms with E-state index >= 15 is 0 Å². The molecule has 0 aromatic heterocycles. The van der Waals surface area contributed by atoms with Crippen molar-refractivity contribution in [3.8, 4) is 0 Å². The molecule has 2 rings (SSSR count). The third-order valence-electron chi connectivity index (χ3n) is 4.97. The SMILES string of the molecule is CCNC(=NCC1CCC(CC)CC1)NC1CCS(=O)(=O)C1.I. The van der Waals surface area contributed by atoms with Gasteiger partial charge in [-0.1, -0.05) is 26.2 Å². The van der Waals surface area contributed by atoms with E-state index in [1.165, 1.54) is 32.1 Å². The molecule has 2 aliphatic rings. The van der Waals surface area contributed by atoms with Crippen molar-refractivity contribution in [2.24, 2.45) is 16.8 Å². The van der Waals surface area contributed by atoms with Gasteiger partial charge in [0.2, 0.25) is 0 Å². The second kappa shape index (κ2) is 10.1.